The first-order chi connectivity index (χ1) is 13.5. The van der Waals surface area contributed by atoms with Gasteiger partial charge in [-0.2, -0.15) is 0 Å². The van der Waals surface area contributed by atoms with Gasteiger partial charge in [-0.25, -0.2) is 4.98 Å². The van der Waals surface area contributed by atoms with E-state index in [1.165, 1.54) is 0 Å². The molecular weight excluding hydrogens is 356 g/mol. The van der Waals surface area contributed by atoms with Crippen LogP contribution >= 0.6 is 0 Å². The quantitative estimate of drug-likeness (QED) is 0.593. The number of methoxy groups -OCH3 is 1. The van der Waals surface area contributed by atoms with Crippen molar-refractivity contribution in [1.29, 1.82) is 0 Å². The van der Waals surface area contributed by atoms with Crippen LogP contribution in [0.25, 0.3) is 10.9 Å². The summed E-state index contributed by atoms with van der Waals surface area (Å²) >= 11 is 0. The summed E-state index contributed by atoms with van der Waals surface area (Å²) in [5, 5.41) is 0.581. The number of hydrogen-bond donors (Lipinski definition) is 1. The first-order valence-electron chi connectivity index (χ1n) is 10.1. The van der Waals surface area contributed by atoms with Gasteiger partial charge in [0.1, 0.15) is 5.82 Å². The fourth-order valence-corrected chi connectivity index (χ4v) is 3.48. The number of benzene rings is 1. The molecule has 3 N–H and O–H groups in total. The Bertz CT molecular complexity index is 834. The fourth-order valence-electron chi connectivity index (χ4n) is 3.48. The van der Waals surface area contributed by atoms with Gasteiger partial charge in [-0.15, -0.1) is 0 Å². The number of amides is 1. The van der Waals surface area contributed by atoms with Gasteiger partial charge in [0.2, 0.25) is 5.91 Å². The molecule has 0 fully saturated rings. The second-order valence-electron chi connectivity index (χ2n) is 7.09. The molecule has 0 saturated heterocycles. The summed E-state index contributed by atoms with van der Waals surface area (Å²) in [6, 6.07) is 7.04. The van der Waals surface area contributed by atoms with Crippen molar-refractivity contribution in [1.82, 2.24) is 14.5 Å². The van der Waals surface area contributed by atoms with Crippen molar-refractivity contribution in [2.75, 3.05) is 26.8 Å². The summed E-state index contributed by atoms with van der Waals surface area (Å²) in [5.41, 5.74) is 4.43. The minimum atomic E-state index is -0.292. The van der Waals surface area contributed by atoms with Crippen LogP contribution in [-0.2, 0) is 16.1 Å². The van der Waals surface area contributed by atoms with E-state index in [2.05, 4.69) is 5.73 Å². The van der Waals surface area contributed by atoms with Gasteiger partial charge >= 0.3 is 0 Å². The number of hydrogen-bond acceptors (Lipinski definition) is 4. The Hall–Kier alpha value is -2.25. The summed E-state index contributed by atoms with van der Waals surface area (Å²) < 4.78 is 6.83. The number of rotatable bonds is 11. The Labute approximate surface area is 166 Å². The van der Waals surface area contributed by atoms with Crippen LogP contribution in [0.2, 0.25) is 0 Å². The normalized spacial score (nSPS) is 12.3. The number of carbonyl (C=O) groups is 1. The number of carbonyl (C=O) groups excluding carboxylic acids is 1. The van der Waals surface area contributed by atoms with Crippen LogP contribution in [0.3, 0.4) is 0 Å². The van der Waals surface area contributed by atoms with Gasteiger partial charge in [0, 0.05) is 20.6 Å². The number of aromatic nitrogens is 2. The van der Waals surface area contributed by atoms with Crippen molar-refractivity contribution < 1.29 is 15.3 Å². The lowest BCUT2D eigenvalue weighted by Crippen LogP contribution is -2.50. The minimum absolute atomic E-state index is 0.00893. The lowest BCUT2D eigenvalue weighted by atomic mass is 10.1. The number of ether oxygens (including phenoxy) is 1. The molecule has 0 saturated carbocycles. The molecule has 0 unspecified atom stereocenters. The predicted octanol–water partition coefficient (Wildman–Crippen LogP) is 1.75. The molecule has 0 aliphatic rings. The van der Waals surface area contributed by atoms with E-state index in [-0.39, 0.29) is 17.5 Å². The average Bonchev–Trinajstić information content (AvgIpc) is 2.69. The molecule has 0 aliphatic heterocycles. The Kier molecular flexibility index (Phi) is 8.60. The van der Waals surface area contributed by atoms with E-state index < -0.39 is 0 Å². The van der Waals surface area contributed by atoms with Crippen LogP contribution in [0.5, 0.6) is 0 Å². The largest absolute Gasteiger partial charge is 0.383 e. The third-order valence-electron chi connectivity index (χ3n) is 5.05. The number of quaternary nitrogens is 1. The fraction of sp³-hybridized carbons (Fsp3) is 0.571. The first-order valence-corrected chi connectivity index (χ1v) is 10.1. The van der Waals surface area contributed by atoms with Crippen molar-refractivity contribution >= 4 is 16.8 Å². The minimum Gasteiger partial charge on any atom is -0.383 e. The van der Waals surface area contributed by atoms with E-state index in [9.17, 15) is 9.59 Å². The maximum Gasteiger partial charge on any atom is 0.261 e. The Morgan fingerprint density at radius 1 is 1.25 bits per heavy atom. The molecule has 1 heterocycles. The second-order valence-corrected chi connectivity index (χ2v) is 7.09. The third kappa shape index (κ3) is 5.39. The Morgan fingerprint density at radius 2 is 1.96 bits per heavy atom. The lowest BCUT2D eigenvalue weighted by Gasteiger charge is -2.29. The highest BCUT2D eigenvalue weighted by atomic mass is 16.5. The molecule has 0 radical (unpaired) electrons. The van der Waals surface area contributed by atoms with Crippen LogP contribution < -0.4 is 11.3 Å². The summed E-state index contributed by atoms with van der Waals surface area (Å²) in [7, 11) is 1.61. The Balaban J connectivity index is 2.35. The number of unbranched alkanes of at least 4 members (excludes halogenated alkanes) is 3. The molecule has 0 spiro atoms. The van der Waals surface area contributed by atoms with Crippen LogP contribution in [0.1, 0.15) is 51.4 Å². The third-order valence-corrected chi connectivity index (χ3v) is 5.05. The zero-order chi connectivity index (χ0) is 20.5. The monoisotopic (exact) mass is 389 g/mol. The molecule has 2 rings (SSSR count). The van der Waals surface area contributed by atoms with E-state index in [4.69, 9.17) is 9.72 Å². The van der Waals surface area contributed by atoms with Gasteiger partial charge in [-0.1, -0.05) is 18.6 Å². The Morgan fingerprint density at radius 3 is 2.64 bits per heavy atom. The second kappa shape index (κ2) is 10.9. The molecule has 1 aromatic carbocycles. The average molecular weight is 390 g/mol. The van der Waals surface area contributed by atoms with Gasteiger partial charge in [0.25, 0.3) is 5.56 Å². The number of nitrogens with zero attached hydrogens (tertiary/aromatic N) is 3. The van der Waals surface area contributed by atoms with E-state index >= 15 is 0 Å². The molecule has 1 aromatic heterocycles. The highest BCUT2D eigenvalue weighted by molar-refractivity contribution is 5.77. The van der Waals surface area contributed by atoms with Gasteiger partial charge in [-0.3, -0.25) is 14.2 Å². The summed E-state index contributed by atoms with van der Waals surface area (Å²) in [6.07, 6.45) is 4.22. The van der Waals surface area contributed by atoms with E-state index in [0.29, 0.717) is 36.4 Å². The molecule has 7 nitrogen and oxygen atoms in total. The predicted molar refractivity (Wildman–Crippen MR) is 110 cm³/mol. The van der Waals surface area contributed by atoms with Crippen LogP contribution in [0, 0.1) is 0 Å². The summed E-state index contributed by atoms with van der Waals surface area (Å²) in [5.74, 6) is 0.596. The zero-order valence-electron chi connectivity index (χ0n) is 17.3. The number of para-hydroxylation sites is 1. The molecule has 1 amide bonds. The van der Waals surface area contributed by atoms with Crippen LogP contribution in [0.15, 0.2) is 29.1 Å². The molecular formula is C21H33N4O3+. The first kappa shape index (κ1) is 22.0. The van der Waals surface area contributed by atoms with Crippen molar-refractivity contribution in [3.8, 4) is 0 Å². The molecule has 7 heteroatoms. The van der Waals surface area contributed by atoms with Crippen LogP contribution in [-0.4, -0.2) is 47.2 Å². The van der Waals surface area contributed by atoms with E-state index in [1.807, 2.05) is 30.0 Å². The highest BCUT2D eigenvalue weighted by Crippen LogP contribution is 2.21. The zero-order valence-corrected chi connectivity index (χ0v) is 17.3. The van der Waals surface area contributed by atoms with Crippen molar-refractivity contribution in [2.24, 2.45) is 0 Å². The molecule has 154 valence electrons. The summed E-state index contributed by atoms with van der Waals surface area (Å²) in [4.78, 5) is 31.9. The highest BCUT2D eigenvalue weighted by Gasteiger charge is 2.24. The van der Waals surface area contributed by atoms with Crippen molar-refractivity contribution in [3.63, 3.8) is 0 Å². The molecule has 0 bridgehead atoms. The maximum absolute atomic E-state index is 13.0. The molecule has 28 heavy (non-hydrogen) atoms. The topological polar surface area (TPSA) is 92.1 Å². The van der Waals surface area contributed by atoms with Gasteiger partial charge in [-0.05, 0) is 38.3 Å². The van der Waals surface area contributed by atoms with Crippen LogP contribution in [0.4, 0.5) is 0 Å². The summed E-state index contributed by atoms with van der Waals surface area (Å²) in [6.45, 7) is 5.93. The lowest BCUT2D eigenvalue weighted by molar-refractivity contribution is -0.368. The van der Waals surface area contributed by atoms with Crippen molar-refractivity contribution in [2.45, 2.75) is 52.1 Å². The molecule has 1 atom stereocenters. The maximum atomic E-state index is 13.0. The molecule has 2 aromatic rings. The standard InChI is InChI=1S/C21H32N4O3/c1-16(24(17(2)26)13-9-5-4-8-12-22)20-23-19-11-7-6-10-18(19)21(27)25(20)14-15-28-3/h6-7,10-11,16H,4-5,8-9,12-15,22H2,1-3H3/p+1/t16-/m0/s1. The van der Waals surface area contributed by atoms with E-state index in [1.54, 1.807) is 24.7 Å². The van der Waals surface area contributed by atoms with Crippen molar-refractivity contribution in [3.05, 3.63) is 40.4 Å². The van der Waals surface area contributed by atoms with E-state index in [0.717, 1.165) is 32.2 Å². The van der Waals surface area contributed by atoms with Gasteiger partial charge in [0.15, 0.2) is 0 Å². The SMILES string of the molecule is COCCn1c([C@H](C)N(CCCCCC[NH3+])C(C)=O)nc2ccccc2c1=O. The number of fused-ring (bicyclic) bond motifs is 1. The van der Waals surface area contributed by atoms with Gasteiger partial charge in [0.05, 0.1) is 36.6 Å². The smallest absolute Gasteiger partial charge is 0.261 e. The molecule has 0 aliphatic carbocycles. The van der Waals surface area contributed by atoms with Gasteiger partial charge < -0.3 is 15.4 Å².